The lowest BCUT2D eigenvalue weighted by atomic mass is 9.88. The lowest BCUT2D eigenvalue weighted by molar-refractivity contribution is 1.00. The van der Waals surface area contributed by atoms with Gasteiger partial charge in [0.1, 0.15) is 0 Å². The number of fused-ring (bicyclic) bond motifs is 22. The largest absolute Gasteiger partial charge is 0.344 e. The van der Waals surface area contributed by atoms with E-state index in [4.69, 9.17) is 0 Å². The van der Waals surface area contributed by atoms with Crippen molar-refractivity contribution in [1.29, 1.82) is 0 Å². The van der Waals surface area contributed by atoms with Crippen molar-refractivity contribution >= 4 is 152 Å². The Kier molecular flexibility index (Phi) is 16.6. The van der Waals surface area contributed by atoms with Gasteiger partial charge in [0.2, 0.25) is 0 Å². The van der Waals surface area contributed by atoms with Crippen LogP contribution in [0.2, 0.25) is 0 Å². The maximum Gasteiger partial charge on any atom is 0.0510 e. The van der Waals surface area contributed by atoms with Gasteiger partial charge in [-0.15, -0.1) is 0 Å². The molecule has 0 aliphatic heterocycles. The van der Waals surface area contributed by atoms with E-state index in [9.17, 15) is 0 Å². The Morgan fingerprint density at radius 2 is 0.495 bits per heavy atom. The van der Waals surface area contributed by atoms with Crippen LogP contribution in [0, 0.1) is 104 Å². The summed E-state index contributed by atoms with van der Waals surface area (Å²) in [4.78, 5) is 0. The van der Waals surface area contributed by atoms with E-state index in [1.807, 2.05) is 0 Å². The summed E-state index contributed by atoms with van der Waals surface area (Å²) in [5.74, 6) is 0. The van der Waals surface area contributed by atoms with Crippen LogP contribution in [0.4, 0.5) is 0 Å². The molecule has 0 bridgehead atoms. The number of hydrogen-bond donors (Lipinski definition) is 0. The quantitative estimate of drug-likeness (QED) is 0.107. The predicted molar refractivity (Wildman–Crippen MR) is 444 cm³/mol. The summed E-state index contributed by atoms with van der Waals surface area (Å²) in [5, 5.41) is 27.3. The summed E-state index contributed by atoms with van der Waals surface area (Å²) < 4.78 is 9.25. The van der Waals surface area contributed by atoms with Crippen molar-refractivity contribution in [3.05, 3.63) is 296 Å². The zero-order valence-corrected chi connectivity index (χ0v) is 62.5. The van der Waals surface area contributed by atoms with Crippen LogP contribution in [-0.2, 0) is 28.2 Å². The summed E-state index contributed by atoms with van der Waals surface area (Å²) in [6.07, 6.45) is 0. The lowest BCUT2D eigenvalue weighted by Crippen LogP contribution is -1.91. The number of para-hydroxylation sites is 3. The van der Waals surface area contributed by atoms with Gasteiger partial charge in [-0.2, -0.15) is 0 Å². The molecule has 19 aromatic rings. The molecule has 4 heteroatoms. The molecule has 0 unspecified atom stereocenters. The minimum absolute atomic E-state index is 1.29. The van der Waals surface area contributed by atoms with Crippen molar-refractivity contribution in [3.63, 3.8) is 0 Å². The van der Waals surface area contributed by atoms with Gasteiger partial charge in [0.15, 0.2) is 0 Å². The van der Waals surface area contributed by atoms with Gasteiger partial charge in [-0.1, -0.05) is 152 Å². The Morgan fingerprint density at radius 3 is 1.02 bits per heavy atom. The second-order valence-electron chi connectivity index (χ2n) is 29.2. The van der Waals surface area contributed by atoms with Crippen molar-refractivity contribution in [1.82, 2.24) is 18.3 Å². The van der Waals surface area contributed by atoms with Gasteiger partial charge in [-0.05, 0) is 313 Å². The summed E-state index contributed by atoms with van der Waals surface area (Å²) in [5.41, 5.74) is 31.5. The van der Waals surface area contributed by atoms with Crippen LogP contribution in [0.25, 0.3) is 152 Å². The molecular weight excluding hydrogens is 1220 g/mol. The molecule has 4 aromatic heterocycles. The third-order valence-electron chi connectivity index (χ3n) is 23.9. The molecule has 0 spiro atoms. The van der Waals surface area contributed by atoms with Gasteiger partial charge in [0.05, 0.1) is 11.0 Å². The first kappa shape index (κ1) is 66.0. The first-order chi connectivity index (χ1) is 48.5. The molecule has 4 nitrogen and oxygen atoms in total. The molecule has 0 fully saturated rings. The molecule has 0 amide bonds. The molecule has 0 N–H and O–H groups in total. The fourth-order valence-electron chi connectivity index (χ4n) is 16.9. The van der Waals surface area contributed by atoms with Crippen LogP contribution >= 0.6 is 0 Å². The van der Waals surface area contributed by atoms with Gasteiger partial charge < -0.3 is 18.3 Å². The van der Waals surface area contributed by atoms with Gasteiger partial charge in [0, 0.05) is 104 Å². The maximum absolute atomic E-state index is 2.40. The normalized spacial score (nSPS) is 11.7. The number of rotatable bonds is 0. The Morgan fingerprint density at radius 1 is 0.158 bits per heavy atom. The van der Waals surface area contributed by atoms with Gasteiger partial charge in [0.25, 0.3) is 0 Å². The summed E-state index contributed by atoms with van der Waals surface area (Å²) in [7, 11) is 8.66. The van der Waals surface area contributed by atoms with E-state index in [0.717, 1.165) is 0 Å². The third-order valence-corrected chi connectivity index (χ3v) is 23.9. The molecule has 0 saturated heterocycles. The molecular formula is C97H92N4. The van der Waals surface area contributed by atoms with E-state index in [0.29, 0.717) is 0 Å². The van der Waals surface area contributed by atoms with Crippen LogP contribution in [0.1, 0.15) is 83.5 Å². The monoisotopic (exact) mass is 1310 g/mol. The van der Waals surface area contributed by atoms with Gasteiger partial charge in [-0.25, -0.2) is 0 Å². The van der Waals surface area contributed by atoms with Crippen LogP contribution < -0.4 is 0 Å². The standard InChI is InChI=1S/C23H22N2.2C21H18.2C16H17N/c1-13-10-22-23(15(3)14(13)2)18-11-17-16-8-6-7-9-19(16)24(4)20(17)12-21(18)25(22)5;1-13-12-20-18-10-5-4-8-16(18)17-9-6-7-11-19(17)21(20)15(3)14(13)2;1-13-10-18-11-17-9-8-16-6-4-5-7-19(16)21(17)12-20(18)15(3)14(13)2;2*1-10-9-15-16(12(3)11(10)2)13-7-5-6-8-14(13)17(15)4/h6-12H,1-5H3;2*4-12H,1-3H3;2*5-9H,1-4H3. The molecule has 15 aromatic carbocycles. The van der Waals surface area contributed by atoms with Crippen LogP contribution in [-0.4, -0.2) is 18.3 Å². The second-order valence-corrected chi connectivity index (χ2v) is 29.2. The van der Waals surface area contributed by atoms with Crippen LogP contribution in [0.5, 0.6) is 0 Å². The topological polar surface area (TPSA) is 19.7 Å². The summed E-state index contributed by atoms with van der Waals surface area (Å²) >= 11 is 0. The molecule has 0 aliphatic carbocycles. The highest BCUT2D eigenvalue weighted by Gasteiger charge is 2.20. The van der Waals surface area contributed by atoms with Gasteiger partial charge >= 0.3 is 0 Å². The SMILES string of the molecule is Cc1cc2c(c(C)c1C)c1cc3c4ccccc4n(C)c3cc1n2C.Cc1cc2c(c(C)c1C)c1ccccc1n2C.Cc1cc2c(c(C)c1C)c1ccccc1n2C.Cc1cc2c3ccccc3c3ccccc3c2c(C)c1C.Cc1cc2cc3ccc4ccccc4c3cc2c(C)c1C. The van der Waals surface area contributed by atoms with Crippen LogP contribution in [0.3, 0.4) is 0 Å². The summed E-state index contributed by atoms with van der Waals surface area (Å²) in [6.45, 7) is 33.3. The molecule has 0 radical (unpaired) electrons. The second kappa shape index (κ2) is 25.3. The zero-order valence-electron chi connectivity index (χ0n) is 62.5. The van der Waals surface area contributed by atoms with Gasteiger partial charge in [-0.3, -0.25) is 0 Å². The van der Waals surface area contributed by atoms with E-state index in [-0.39, 0.29) is 0 Å². The molecule has 0 saturated carbocycles. The van der Waals surface area contributed by atoms with Crippen molar-refractivity contribution < 1.29 is 0 Å². The highest BCUT2D eigenvalue weighted by molar-refractivity contribution is 6.27. The highest BCUT2D eigenvalue weighted by atomic mass is 15.0. The van der Waals surface area contributed by atoms with Crippen molar-refractivity contribution in [2.45, 2.75) is 104 Å². The Bertz CT molecular complexity index is 6530. The molecule has 19 rings (SSSR count). The zero-order chi connectivity index (χ0) is 70.9. The molecule has 0 atom stereocenters. The third kappa shape index (κ3) is 10.6. The number of hydrogen-bond acceptors (Lipinski definition) is 0. The Balaban J connectivity index is 0.000000103. The highest BCUT2D eigenvalue weighted by Crippen LogP contribution is 2.42. The number of benzene rings is 15. The van der Waals surface area contributed by atoms with Crippen molar-refractivity contribution in [2.24, 2.45) is 28.2 Å². The van der Waals surface area contributed by atoms with Crippen LogP contribution in [0.15, 0.2) is 212 Å². The van der Waals surface area contributed by atoms with E-state index in [1.165, 1.54) is 235 Å². The minimum atomic E-state index is 1.29. The first-order valence-corrected chi connectivity index (χ1v) is 35.9. The number of nitrogens with zero attached hydrogens (tertiary/aromatic N) is 4. The summed E-state index contributed by atoms with van der Waals surface area (Å²) in [6, 6.07) is 77.7. The Labute approximate surface area is 594 Å². The smallest absolute Gasteiger partial charge is 0.0510 e. The molecule has 4 heterocycles. The molecule has 500 valence electrons. The minimum Gasteiger partial charge on any atom is -0.344 e. The average Bonchev–Trinajstić information content (AvgIpc) is 1.68. The maximum atomic E-state index is 2.40. The number of aryl methyl sites for hydroxylation is 14. The van der Waals surface area contributed by atoms with Crippen molar-refractivity contribution in [2.75, 3.05) is 0 Å². The fourth-order valence-corrected chi connectivity index (χ4v) is 16.9. The number of aromatic nitrogens is 4. The van der Waals surface area contributed by atoms with E-state index in [2.05, 4.69) is 363 Å². The molecule has 0 aliphatic rings. The first-order valence-electron chi connectivity index (χ1n) is 35.9. The van der Waals surface area contributed by atoms with E-state index < -0.39 is 0 Å². The lowest BCUT2D eigenvalue weighted by Gasteiger charge is -2.15. The average molecular weight is 1310 g/mol. The van der Waals surface area contributed by atoms with E-state index >= 15 is 0 Å². The van der Waals surface area contributed by atoms with E-state index in [1.54, 1.807) is 0 Å². The Hall–Kier alpha value is -10.9. The predicted octanol–water partition coefficient (Wildman–Crippen LogP) is 26.6. The van der Waals surface area contributed by atoms with Crippen molar-refractivity contribution in [3.8, 4) is 0 Å². The molecule has 101 heavy (non-hydrogen) atoms. The fraction of sp³-hybridized carbons (Fsp3) is 0.196.